The van der Waals surface area contributed by atoms with Crippen molar-refractivity contribution in [1.82, 2.24) is 9.55 Å². The van der Waals surface area contributed by atoms with Gasteiger partial charge in [0.05, 0.1) is 5.41 Å². The van der Waals surface area contributed by atoms with Gasteiger partial charge in [-0.25, -0.2) is 4.98 Å². The predicted molar refractivity (Wildman–Crippen MR) is 405 cm³/mol. The summed E-state index contributed by atoms with van der Waals surface area (Å²) in [4.78, 5) is 9.86. The fraction of sp³-hybridized carbons (Fsp3) is 0.0968. The molecule has 0 saturated heterocycles. The predicted octanol–water partition coefficient (Wildman–Crippen LogP) is 24.3. The molecule has 0 amide bonds. The number of nitrogens with zero attached hydrogens (tertiary/aromatic N) is 4. The van der Waals surface area contributed by atoms with Crippen LogP contribution in [-0.4, -0.2) is 9.55 Å². The van der Waals surface area contributed by atoms with E-state index in [4.69, 9.17) is 9.72 Å². The minimum atomic E-state index is -0.501. The summed E-state index contributed by atoms with van der Waals surface area (Å²) in [6, 6.07) is 116. The van der Waals surface area contributed by atoms with Crippen LogP contribution in [0.4, 0.5) is 22.7 Å². The maximum Gasteiger partial charge on any atom is 0.135 e. The molecule has 0 saturated carbocycles. The van der Waals surface area contributed by atoms with Crippen LogP contribution in [0.3, 0.4) is 0 Å². The van der Waals surface area contributed by atoms with Gasteiger partial charge < -0.3 is 19.1 Å². The normalized spacial score (nSPS) is 13.3. The van der Waals surface area contributed by atoms with Gasteiger partial charge in [-0.2, -0.15) is 12.1 Å². The first-order valence-electron chi connectivity index (χ1n) is 34.0. The fourth-order valence-electron chi connectivity index (χ4n) is 15.7. The van der Waals surface area contributed by atoms with E-state index < -0.39 is 5.41 Å². The molecule has 2 aromatic heterocycles. The molecule has 18 rings (SSSR count). The number of aromatic nitrogens is 2. The minimum Gasteiger partial charge on any atom is -0.509 e. The molecule has 15 aromatic rings. The monoisotopic (exact) mass is 1450 g/mol. The fourth-order valence-corrected chi connectivity index (χ4v) is 15.7. The van der Waals surface area contributed by atoms with E-state index in [1.165, 1.54) is 77.9 Å². The Balaban J connectivity index is 0.00000735. The molecule has 0 atom stereocenters. The number of hydrogen-bond donors (Lipinski definition) is 0. The largest absolute Gasteiger partial charge is 0.509 e. The van der Waals surface area contributed by atoms with Crippen molar-refractivity contribution in [3.63, 3.8) is 0 Å². The van der Waals surface area contributed by atoms with Crippen molar-refractivity contribution < 1.29 is 25.8 Å². The molecule has 2 aliphatic carbocycles. The van der Waals surface area contributed by atoms with Crippen LogP contribution in [0.15, 0.2) is 303 Å². The van der Waals surface area contributed by atoms with Gasteiger partial charge in [-0.05, 0) is 153 Å². The number of benzene rings is 13. The number of para-hydroxylation sites is 1. The van der Waals surface area contributed by atoms with Crippen molar-refractivity contribution in [2.75, 3.05) is 9.80 Å². The van der Waals surface area contributed by atoms with E-state index in [-0.39, 0.29) is 31.9 Å². The van der Waals surface area contributed by atoms with Crippen molar-refractivity contribution in [1.29, 1.82) is 0 Å². The molecule has 0 radical (unpaired) electrons. The Labute approximate surface area is 594 Å². The van der Waals surface area contributed by atoms with Crippen LogP contribution in [0.1, 0.15) is 74.9 Å². The average Bonchev–Trinajstić information content (AvgIpc) is 1.50. The molecule has 99 heavy (non-hydrogen) atoms. The number of fused-ring (bicyclic) bond motifs is 15. The molecule has 480 valence electrons. The van der Waals surface area contributed by atoms with Gasteiger partial charge in [-0.3, -0.25) is 0 Å². The van der Waals surface area contributed by atoms with Crippen molar-refractivity contribution in [3.8, 4) is 95.2 Å². The summed E-state index contributed by atoms with van der Waals surface area (Å²) < 4.78 is 9.43. The zero-order chi connectivity index (χ0) is 66.0. The van der Waals surface area contributed by atoms with Crippen LogP contribution in [0.2, 0.25) is 0 Å². The summed E-state index contributed by atoms with van der Waals surface area (Å²) in [5.74, 6) is 1.95. The SMILES string of the molecule is CC(C)(C)c1cc(-c2ccccc2)cc(-c2cccc(-c3ccc(-c4ccccc4)cc3)c2N2[CH-]N(c3[c-]c(Oc4[c-]c5c(cc4)c4c6c(ccc4n5-c4cc(C(C)(C)C)ccn4)C4(c5ccccc5-c5ccccc54)c4ccccc4-6)ccc3)c3cc(-c4ccccc4)ccc32)c1.[Pt]. The standard InChI is InChI=1S/C93H69N4O.Pt/c1-91(2,3)68-50-51-94-87(56-68)97-84-49-47-82-88(77-34-18-21-39-81(77)93(82)79-37-19-16-32-75(79)76-33-17-20-38-80(76)93)89(84)78-46-45-72(58-85(78)97)98-71-31-22-30-70(57-71)95-59-96(83-48-44-65(55-86(83)95)61-26-12-8-13-27-61)90-73(64-42-40-63(41-43-64)60-24-10-7-11-25-60)35-23-36-74(90)67-52-66(62-28-14-9-15-29-62)53-69(54-67)92(4,5)6;/h7-56,59H,1-6H3;/q-3;. The molecular weight excluding hydrogens is 1380 g/mol. The smallest absolute Gasteiger partial charge is 0.135 e. The van der Waals surface area contributed by atoms with Crippen LogP contribution < -0.4 is 14.5 Å². The zero-order valence-corrected chi connectivity index (χ0v) is 58.2. The molecule has 6 heteroatoms. The van der Waals surface area contributed by atoms with Crippen LogP contribution in [-0.2, 0) is 37.3 Å². The van der Waals surface area contributed by atoms with E-state index in [1.807, 2.05) is 12.3 Å². The molecule has 1 spiro atoms. The van der Waals surface area contributed by atoms with E-state index in [2.05, 4.69) is 366 Å². The Morgan fingerprint density at radius 1 is 0.384 bits per heavy atom. The van der Waals surface area contributed by atoms with Gasteiger partial charge in [0.2, 0.25) is 0 Å². The third kappa shape index (κ3) is 10.1. The Morgan fingerprint density at radius 3 is 1.59 bits per heavy atom. The molecule has 1 aliphatic heterocycles. The number of ether oxygens (including phenoxy) is 1. The molecule has 5 nitrogen and oxygen atoms in total. The zero-order valence-electron chi connectivity index (χ0n) is 56.0. The third-order valence-electron chi connectivity index (χ3n) is 20.5. The van der Waals surface area contributed by atoms with Gasteiger partial charge in [0.15, 0.2) is 0 Å². The summed E-state index contributed by atoms with van der Waals surface area (Å²) in [5, 5.41) is 2.24. The maximum absolute atomic E-state index is 7.13. The van der Waals surface area contributed by atoms with Crippen molar-refractivity contribution in [2.24, 2.45) is 0 Å². The molecule has 0 bridgehead atoms. The van der Waals surface area contributed by atoms with Crippen molar-refractivity contribution >= 4 is 44.6 Å². The minimum absolute atomic E-state index is 0. The van der Waals surface area contributed by atoms with Crippen LogP contribution >= 0.6 is 0 Å². The second-order valence-corrected chi connectivity index (χ2v) is 28.3. The summed E-state index contributed by atoms with van der Waals surface area (Å²) in [6.45, 7) is 16.0. The molecule has 0 unspecified atom stereocenters. The molecule has 13 aromatic carbocycles. The molecule has 3 heterocycles. The van der Waals surface area contributed by atoms with E-state index in [9.17, 15) is 0 Å². The molecule has 0 N–H and O–H groups in total. The van der Waals surface area contributed by atoms with E-state index in [1.54, 1.807) is 0 Å². The Hall–Kier alpha value is -11.1. The maximum atomic E-state index is 7.13. The summed E-state index contributed by atoms with van der Waals surface area (Å²) >= 11 is 0. The van der Waals surface area contributed by atoms with Gasteiger partial charge in [-0.1, -0.05) is 278 Å². The van der Waals surface area contributed by atoms with Gasteiger partial charge in [0.1, 0.15) is 5.82 Å². The van der Waals surface area contributed by atoms with Gasteiger partial charge >= 0.3 is 0 Å². The van der Waals surface area contributed by atoms with Gasteiger partial charge in [0, 0.05) is 72.5 Å². The first-order valence-corrected chi connectivity index (χ1v) is 34.0. The van der Waals surface area contributed by atoms with Gasteiger partial charge in [-0.15, -0.1) is 48.1 Å². The molecular formula is C93H69N4OPt-3. The summed E-state index contributed by atoms with van der Waals surface area (Å²) in [6.07, 6.45) is 1.95. The average molecular weight is 1450 g/mol. The van der Waals surface area contributed by atoms with Gasteiger partial charge in [0.25, 0.3) is 0 Å². The Morgan fingerprint density at radius 2 is 0.919 bits per heavy atom. The Kier molecular flexibility index (Phi) is 14.8. The van der Waals surface area contributed by atoms with Crippen LogP contribution in [0.5, 0.6) is 11.5 Å². The van der Waals surface area contributed by atoms with E-state index >= 15 is 0 Å². The Bertz CT molecular complexity index is 5620. The topological polar surface area (TPSA) is 33.5 Å². The van der Waals surface area contributed by atoms with Crippen LogP contribution in [0.25, 0.3) is 106 Å². The second kappa shape index (κ2) is 23.9. The quantitative estimate of drug-likeness (QED) is 0.128. The summed E-state index contributed by atoms with van der Waals surface area (Å²) in [7, 11) is 0. The number of anilines is 4. The first kappa shape index (κ1) is 61.5. The van der Waals surface area contributed by atoms with Crippen LogP contribution in [0, 0.1) is 18.8 Å². The van der Waals surface area contributed by atoms with Crippen molar-refractivity contribution in [3.05, 3.63) is 356 Å². The molecule has 0 fully saturated rings. The molecule has 3 aliphatic rings. The van der Waals surface area contributed by atoms with E-state index in [0.29, 0.717) is 11.5 Å². The number of pyridine rings is 1. The van der Waals surface area contributed by atoms with E-state index in [0.717, 1.165) is 83.8 Å². The second-order valence-electron chi connectivity index (χ2n) is 28.3. The summed E-state index contributed by atoms with van der Waals surface area (Å²) in [5.41, 5.74) is 29.2. The third-order valence-corrected chi connectivity index (χ3v) is 20.5. The number of rotatable bonds is 10. The van der Waals surface area contributed by atoms with Crippen molar-refractivity contribution in [2.45, 2.75) is 57.8 Å². The number of hydrogen-bond acceptors (Lipinski definition) is 4. The first-order chi connectivity index (χ1) is 47.8.